The minimum absolute atomic E-state index is 0.119. The van der Waals surface area contributed by atoms with Crippen LogP contribution < -0.4 is 0 Å². The maximum atomic E-state index is 11.7. The van der Waals surface area contributed by atoms with E-state index in [9.17, 15) is 4.79 Å². The van der Waals surface area contributed by atoms with Gasteiger partial charge in [-0.25, -0.2) is 4.52 Å². The molecule has 1 aromatic carbocycles. The summed E-state index contributed by atoms with van der Waals surface area (Å²) in [5.74, 6) is 0.184. The van der Waals surface area contributed by atoms with E-state index in [0.717, 1.165) is 22.5 Å². The van der Waals surface area contributed by atoms with Crippen LogP contribution in [0.5, 0.6) is 0 Å². The molecule has 0 N–H and O–H groups in total. The number of hydrogen-bond acceptors (Lipinski definition) is 7. The lowest BCUT2D eigenvalue weighted by molar-refractivity contribution is -0.134. The zero-order chi connectivity index (χ0) is 17.1. The molecule has 0 atom stereocenters. The number of aromatic nitrogens is 3. The number of aryl methyl sites for hydroxylation is 1. The molecule has 3 aromatic rings. The Balaban J connectivity index is 1.82. The van der Waals surface area contributed by atoms with E-state index in [1.807, 2.05) is 19.1 Å². The van der Waals surface area contributed by atoms with Gasteiger partial charge in [0.2, 0.25) is 11.4 Å². The van der Waals surface area contributed by atoms with Crippen molar-refractivity contribution in [2.45, 2.75) is 13.3 Å². The molecule has 124 valence electrons. The summed E-state index contributed by atoms with van der Waals surface area (Å²) in [7, 11) is 1.37. The Hall–Kier alpha value is -2.45. The van der Waals surface area contributed by atoms with E-state index < -0.39 is 5.97 Å². The average Bonchev–Trinajstić information content (AvgIpc) is 3.09. The summed E-state index contributed by atoms with van der Waals surface area (Å²) < 4.78 is 6.53. The SMILES string of the molecule is CON=COC(=O)Cc1sc2nc(-c3ccc(Cl)cc3)nn2c1C. The first-order chi connectivity index (χ1) is 11.6. The second kappa shape index (κ2) is 6.98. The van der Waals surface area contributed by atoms with Crippen LogP contribution in [-0.4, -0.2) is 34.1 Å². The van der Waals surface area contributed by atoms with Crippen LogP contribution in [0.3, 0.4) is 0 Å². The molecule has 0 aliphatic carbocycles. The van der Waals surface area contributed by atoms with E-state index in [1.165, 1.54) is 18.4 Å². The lowest BCUT2D eigenvalue weighted by atomic mass is 10.2. The Bertz CT molecular complexity index is 901. The third-order valence-electron chi connectivity index (χ3n) is 3.25. The van der Waals surface area contributed by atoms with Gasteiger partial charge in [0.05, 0.1) is 12.1 Å². The second-order valence-corrected chi connectivity index (χ2v) is 6.31. The van der Waals surface area contributed by atoms with Crippen LogP contribution in [0.2, 0.25) is 5.02 Å². The fourth-order valence-corrected chi connectivity index (χ4v) is 3.23. The van der Waals surface area contributed by atoms with Crippen LogP contribution in [0.4, 0.5) is 0 Å². The predicted octanol–water partition coefficient (Wildman–Crippen LogP) is 3.10. The highest BCUT2D eigenvalue weighted by molar-refractivity contribution is 7.17. The van der Waals surface area contributed by atoms with Crippen molar-refractivity contribution in [3.63, 3.8) is 0 Å². The molecule has 9 heteroatoms. The molecule has 0 spiro atoms. The third-order valence-corrected chi connectivity index (χ3v) is 4.64. The molecule has 0 amide bonds. The number of thiazole rings is 1. The van der Waals surface area contributed by atoms with Crippen LogP contribution in [0, 0.1) is 6.92 Å². The largest absolute Gasteiger partial charge is 0.411 e. The lowest BCUT2D eigenvalue weighted by Gasteiger charge is -1.98. The lowest BCUT2D eigenvalue weighted by Crippen LogP contribution is -2.07. The van der Waals surface area contributed by atoms with Gasteiger partial charge in [-0.1, -0.05) is 28.1 Å². The van der Waals surface area contributed by atoms with Gasteiger partial charge < -0.3 is 9.57 Å². The van der Waals surface area contributed by atoms with Crippen LogP contribution in [0.15, 0.2) is 29.4 Å². The van der Waals surface area contributed by atoms with E-state index in [4.69, 9.17) is 16.3 Å². The fraction of sp³-hybridized carbons (Fsp3) is 0.200. The zero-order valence-corrected chi connectivity index (χ0v) is 14.5. The number of oxime groups is 1. The highest BCUT2D eigenvalue weighted by Gasteiger charge is 2.17. The van der Waals surface area contributed by atoms with E-state index in [2.05, 4.69) is 20.1 Å². The number of carbonyl (C=O) groups is 1. The number of fused-ring (bicyclic) bond motifs is 1. The molecule has 0 bridgehead atoms. The van der Waals surface area contributed by atoms with Gasteiger partial charge in [-0.2, -0.15) is 4.98 Å². The van der Waals surface area contributed by atoms with Gasteiger partial charge >= 0.3 is 5.97 Å². The molecule has 0 radical (unpaired) electrons. The minimum atomic E-state index is -0.429. The molecule has 2 heterocycles. The van der Waals surface area contributed by atoms with Gasteiger partial charge in [0.1, 0.15) is 7.11 Å². The number of nitrogens with zero attached hydrogens (tertiary/aromatic N) is 4. The molecule has 24 heavy (non-hydrogen) atoms. The van der Waals surface area contributed by atoms with Crippen molar-refractivity contribution in [2.24, 2.45) is 5.16 Å². The van der Waals surface area contributed by atoms with Crippen molar-refractivity contribution in [2.75, 3.05) is 7.11 Å². The summed E-state index contributed by atoms with van der Waals surface area (Å²) in [5.41, 5.74) is 1.73. The van der Waals surface area contributed by atoms with Crippen molar-refractivity contribution in [1.82, 2.24) is 14.6 Å². The van der Waals surface area contributed by atoms with Gasteiger partial charge in [0, 0.05) is 15.5 Å². The monoisotopic (exact) mass is 364 g/mol. The van der Waals surface area contributed by atoms with Crippen molar-refractivity contribution in [1.29, 1.82) is 0 Å². The van der Waals surface area contributed by atoms with E-state index in [1.54, 1.807) is 16.6 Å². The first-order valence-corrected chi connectivity index (χ1v) is 8.13. The maximum absolute atomic E-state index is 11.7. The van der Waals surface area contributed by atoms with E-state index in [-0.39, 0.29) is 6.42 Å². The molecule has 0 saturated carbocycles. The second-order valence-electron chi connectivity index (χ2n) is 4.81. The number of esters is 1. The quantitative estimate of drug-likeness (QED) is 0.301. The van der Waals surface area contributed by atoms with Gasteiger partial charge in [-0.15, -0.1) is 5.10 Å². The van der Waals surface area contributed by atoms with Crippen molar-refractivity contribution in [3.05, 3.63) is 39.9 Å². The summed E-state index contributed by atoms with van der Waals surface area (Å²) in [5, 5.41) is 8.51. The van der Waals surface area contributed by atoms with Gasteiger partial charge in [0.25, 0.3) is 0 Å². The Morgan fingerprint density at radius 1 is 1.42 bits per heavy atom. The number of carbonyl (C=O) groups excluding carboxylic acids is 1. The molecule has 0 aliphatic rings. The topological polar surface area (TPSA) is 78.1 Å². The Labute approximate surface area is 146 Å². The van der Waals surface area contributed by atoms with Gasteiger partial charge in [0.15, 0.2) is 5.82 Å². The molecule has 2 aromatic heterocycles. The average molecular weight is 365 g/mol. The third kappa shape index (κ3) is 3.39. The summed E-state index contributed by atoms with van der Waals surface area (Å²) in [6, 6.07) is 7.32. The standard InChI is InChI=1S/C15H13ClN4O3S/c1-9-12(7-13(21)23-8-17-22-2)24-15-18-14(19-20(9)15)10-3-5-11(16)6-4-10/h3-6,8H,7H2,1-2H3. The Kier molecular flexibility index (Phi) is 4.77. The zero-order valence-electron chi connectivity index (χ0n) is 12.9. The number of hydrogen-bond donors (Lipinski definition) is 0. The molecule has 7 nitrogen and oxygen atoms in total. The van der Waals surface area contributed by atoms with Gasteiger partial charge in [-0.05, 0) is 31.2 Å². The van der Waals surface area contributed by atoms with Crippen molar-refractivity contribution < 1.29 is 14.4 Å². The van der Waals surface area contributed by atoms with E-state index in [0.29, 0.717) is 15.8 Å². The van der Waals surface area contributed by atoms with Crippen LogP contribution in [0.1, 0.15) is 10.6 Å². The van der Waals surface area contributed by atoms with Gasteiger partial charge in [-0.3, -0.25) is 4.79 Å². The summed E-state index contributed by atoms with van der Waals surface area (Å²) in [4.78, 5) is 22.2. The predicted molar refractivity (Wildman–Crippen MR) is 91.3 cm³/mol. The van der Waals surface area contributed by atoms with Crippen molar-refractivity contribution >= 4 is 40.3 Å². The number of ether oxygens (including phenoxy) is 1. The fourth-order valence-electron chi connectivity index (χ4n) is 2.07. The summed E-state index contributed by atoms with van der Waals surface area (Å²) >= 11 is 7.29. The molecule has 3 rings (SSSR count). The summed E-state index contributed by atoms with van der Waals surface area (Å²) in [6.07, 6.45) is 1.08. The highest BCUT2D eigenvalue weighted by atomic mass is 35.5. The Morgan fingerprint density at radius 2 is 2.17 bits per heavy atom. The summed E-state index contributed by atoms with van der Waals surface area (Å²) in [6.45, 7) is 1.88. The normalized spacial score (nSPS) is 11.3. The first kappa shape index (κ1) is 16.4. The van der Waals surface area contributed by atoms with Crippen LogP contribution in [0.25, 0.3) is 16.3 Å². The molecule has 0 aliphatic heterocycles. The Morgan fingerprint density at radius 3 is 2.83 bits per heavy atom. The maximum Gasteiger partial charge on any atom is 0.317 e. The number of benzene rings is 1. The van der Waals surface area contributed by atoms with Crippen molar-refractivity contribution in [3.8, 4) is 11.4 Å². The van der Waals surface area contributed by atoms with Crippen LogP contribution in [-0.2, 0) is 20.8 Å². The highest BCUT2D eigenvalue weighted by Crippen LogP contribution is 2.26. The number of halogens is 1. The molecule has 0 saturated heterocycles. The smallest absolute Gasteiger partial charge is 0.317 e. The molecular formula is C15H13ClN4O3S. The molecular weight excluding hydrogens is 352 g/mol. The minimum Gasteiger partial charge on any atom is -0.411 e. The number of rotatable bonds is 5. The molecule has 0 unspecified atom stereocenters. The molecule has 0 fully saturated rings. The first-order valence-electron chi connectivity index (χ1n) is 6.94. The van der Waals surface area contributed by atoms with E-state index >= 15 is 0 Å². The van der Waals surface area contributed by atoms with Crippen LogP contribution >= 0.6 is 22.9 Å².